The Morgan fingerprint density at radius 2 is 1.89 bits per heavy atom. The molecular formula is C16H26N2O. The van der Waals surface area contributed by atoms with E-state index in [4.69, 9.17) is 4.74 Å². The van der Waals surface area contributed by atoms with E-state index in [9.17, 15) is 0 Å². The van der Waals surface area contributed by atoms with Crippen LogP contribution in [0, 0.1) is 5.92 Å². The summed E-state index contributed by atoms with van der Waals surface area (Å²) >= 11 is 0. The van der Waals surface area contributed by atoms with Crippen LogP contribution in [0.3, 0.4) is 0 Å². The second-order valence-corrected chi connectivity index (χ2v) is 5.74. The number of para-hydroxylation sites is 1. The van der Waals surface area contributed by atoms with E-state index in [1.54, 1.807) is 7.11 Å². The predicted octanol–water partition coefficient (Wildman–Crippen LogP) is 2.30. The number of piperidine rings is 1. The predicted molar refractivity (Wildman–Crippen MR) is 79.7 cm³/mol. The lowest BCUT2D eigenvalue weighted by molar-refractivity contribution is 0.351. The Morgan fingerprint density at radius 1 is 1.21 bits per heavy atom. The molecular weight excluding hydrogens is 236 g/mol. The van der Waals surface area contributed by atoms with Gasteiger partial charge in [0.2, 0.25) is 0 Å². The van der Waals surface area contributed by atoms with E-state index < -0.39 is 0 Å². The summed E-state index contributed by atoms with van der Waals surface area (Å²) in [5.74, 6) is 1.89. The van der Waals surface area contributed by atoms with Crippen LogP contribution in [-0.4, -0.2) is 39.2 Å². The summed E-state index contributed by atoms with van der Waals surface area (Å²) in [6.07, 6.45) is 3.70. The van der Waals surface area contributed by atoms with Crippen LogP contribution in [-0.2, 0) is 13.0 Å². The molecule has 0 atom stereocenters. The Morgan fingerprint density at radius 3 is 2.53 bits per heavy atom. The van der Waals surface area contributed by atoms with E-state index in [2.05, 4.69) is 42.5 Å². The van der Waals surface area contributed by atoms with Crippen molar-refractivity contribution in [2.45, 2.75) is 25.8 Å². The van der Waals surface area contributed by atoms with Crippen LogP contribution in [0.4, 0.5) is 0 Å². The molecule has 2 rings (SSSR count). The van der Waals surface area contributed by atoms with Crippen LogP contribution in [0.15, 0.2) is 18.2 Å². The summed E-state index contributed by atoms with van der Waals surface area (Å²) in [6, 6.07) is 6.56. The number of nitrogens with zero attached hydrogens (tertiary/aromatic N) is 1. The number of nitrogens with one attached hydrogen (secondary N) is 1. The van der Waals surface area contributed by atoms with Crippen LogP contribution < -0.4 is 10.1 Å². The zero-order valence-electron chi connectivity index (χ0n) is 12.4. The number of rotatable bonds is 5. The molecule has 0 amide bonds. The van der Waals surface area contributed by atoms with Crippen molar-refractivity contribution in [3.63, 3.8) is 0 Å². The molecule has 1 fully saturated rings. The molecule has 19 heavy (non-hydrogen) atoms. The minimum Gasteiger partial charge on any atom is -0.496 e. The van der Waals surface area contributed by atoms with Gasteiger partial charge in [0.1, 0.15) is 5.75 Å². The molecule has 1 aromatic rings. The lowest BCUT2D eigenvalue weighted by Crippen LogP contribution is -2.28. The van der Waals surface area contributed by atoms with Crippen LogP contribution in [0.2, 0.25) is 0 Å². The van der Waals surface area contributed by atoms with E-state index in [1.165, 1.54) is 24.0 Å². The van der Waals surface area contributed by atoms with Gasteiger partial charge in [-0.05, 0) is 57.9 Å². The monoisotopic (exact) mass is 262 g/mol. The van der Waals surface area contributed by atoms with Gasteiger partial charge in [0.25, 0.3) is 0 Å². The Bertz CT molecular complexity index is 398. The summed E-state index contributed by atoms with van der Waals surface area (Å²) < 4.78 is 5.68. The maximum atomic E-state index is 5.68. The lowest BCUT2D eigenvalue weighted by Gasteiger charge is -2.24. The molecule has 106 valence electrons. The van der Waals surface area contributed by atoms with Crippen LogP contribution in [0.25, 0.3) is 0 Å². The van der Waals surface area contributed by atoms with Gasteiger partial charge in [0, 0.05) is 12.1 Å². The van der Waals surface area contributed by atoms with Gasteiger partial charge in [-0.1, -0.05) is 18.2 Å². The highest BCUT2D eigenvalue weighted by atomic mass is 16.5. The summed E-state index contributed by atoms with van der Waals surface area (Å²) in [5.41, 5.74) is 2.66. The smallest absolute Gasteiger partial charge is 0.126 e. The van der Waals surface area contributed by atoms with Crippen LogP contribution in [0.5, 0.6) is 5.75 Å². The summed E-state index contributed by atoms with van der Waals surface area (Å²) in [5, 5.41) is 3.43. The van der Waals surface area contributed by atoms with Crippen molar-refractivity contribution in [2.24, 2.45) is 5.92 Å². The van der Waals surface area contributed by atoms with Gasteiger partial charge in [-0.15, -0.1) is 0 Å². The second-order valence-electron chi connectivity index (χ2n) is 5.74. The van der Waals surface area contributed by atoms with E-state index in [0.29, 0.717) is 0 Å². The number of ether oxygens (including phenoxy) is 1. The molecule has 1 saturated heterocycles. The molecule has 3 heteroatoms. The first-order chi connectivity index (χ1) is 9.20. The van der Waals surface area contributed by atoms with Crippen molar-refractivity contribution in [2.75, 3.05) is 34.3 Å². The van der Waals surface area contributed by atoms with E-state index in [1.807, 2.05) is 0 Å². The molecule has 1 aliphatic heterocycles. The molecule has 0 aliphatic carbocycles. The minimum absolute atomic E-state index is 0.796. The molecule has 1 N–H and O–H groups in total. The topological polar surface area (TPSA) is 24.5 Å². The average molecular weight is 262 g/mol. The minimum atomic E-state index is 0.796. The number of hydrogen-bond acceptors (Lipinski definition) is 3. The first kappa shape index (κ1) is 14.4. The maximum absolute atomic E-state index is 5.68. The fraction of sp³-hybridized carbons (Fsp3) is 0.625. The molecule has 0 aromatic heterocycles. The first-order valence-corrected chi connectivity index (χ1v) is 7.21. The fourth-order valence-electron chi connectivity index (χ4n) is 2.92. The molecule has 0 saturated carbocycles. The van der Waals surface area contributed by atoms with Gasteiger partial charge in [0.15, 0.2) is 0 Å². The van der Waals surface area contributed by atoms with Crippen molar-refractivity contribution in [3.8, 4) is 5.75 Å². The molecule has 0 bridgehead atoms. The van der Waals surface area contributed by atoms with Crippen molar-refractivity contribution in [1.29, 1.82) is 0 Å². The molecule has 0 unspecified atom stereocenters. The van der Waals surface area contributed by atoms with Gasteiger partial charge in [-0.3, -0.25) is 0 Å². The fourth-order valence-corrected chi connectivity index (χ4v) is 2.92. The Kier molecular flexibility index (Phi) is 5.23. The van der Waals surface area contributed by atoms with Crippen molar-refractivity contribution < 1.29 is 4.74 Å². The molecule has 0 radical (unpaired) electrons. The number of hydrogen-bond donors (Lipinski definition) is 1. The largest absolute Gasteiger partial charge is 0.496 e. The SMILES string of the molecule is COc1c(CC2CCNCC2)cccc1CN(C)C. The van der Waals surface area contributed by atoms with Crippen LogP contribution in [0.1, 0.15) is 24.0 Å². The molecule has 1 heterocycles. The third-order valence-electron chi connectivity index (χ3n) is 3.84. The van der Waals surface area contributed by atoms with Gasteiger partial charge >= 0.3 is 0 Å². The molecule has 3 nitrogen and oxygen atoms in total. The first-order valence-electron chi connectivity index (χ1n) is 7.21. The number of methoxy groups -OCH3 is 1. The molecule has 0 spiro atoms. The normalized spacial score (nSPS) is 16.8. The van der Waals surface area contributed by atoms with Gasteiger partial charge in [-0.25, -0.2) is 0 Å². The second kappa shape index (κ2) is 6.92. The molecule has 1 aromatic carbocycles. The zero-order valence-corrected chi connectivity index (χ0v) is 12.4. The summed E-state index contributed by atoms with van der Waals surface area (Å²) in [7, 11) is 5.98. The third-order valence-corrected chi connectivity index (χ3v) is 3.84. The standard InChI is InChI=1S/C16H26N2O/c1-18(2)12-15-6-4-5-14(16(15)19-3)11-13-7-9-17-10-8-13/h4-6,13,17H,7-12H2,1-3H3. The zero-order chi connectivity index (χ0) is 13.7. The maximum Gasteiger partial charge on any atom is 0.126 e. The van der Waals surface area contributed by atoms with Crippen molar-refractivity contribution in [3.05, 3.63) is 29.3 Å². The highest BCUT2D eigenvalue weighted by molar-refractivity contribution is 5.41. The van der Waals surface area contributed by atoms with E-state index in [-0.39, 0.29) is 0 Å². The van der Waals surface area contributed by atoms with Gasteiger partial charge in [0.05, 0.1) is 7.11 Å². The van der Waals surface area contributed by atoms with Crippen LogP contribution >= 0.6 is 0 Å². The summed E-state index contributed by atoms with van der Waals surface area (Å²) in [4.78, 5) is 2.19. The Hall–Kier alpha value is -1.06. The van der Waals surface area contributed by atoms with Crippen molar-refractivity contribution in [1.82, 2.24) is 10.2 Å². The number of benzene rings is 1. The molecule has 1 aliphatic rings. The quantitative estimate of drug-likeness (QED) is 0.881. The third kappa shape index (κ3) is 3.95. The van der Waals surface area contributed by atoms with Gasteiger partial charge < -0.3 is 15.0 Å². The Labute approximate surface area is 116 Å². The lowest BCUT2D eigenvalue weighted by atomic mass is 9.90. The van der Waals surface area contributed by atoms with E-state index >= 15 is 0 Å². The highest BCUT2D eigenvalue weighted by Gasteiger charge is 2.17. The van der Waals surface area contributed by atoms with E-state index in [0.717, 1.165) is 37.7 Å². The van der Waals surface area contributed by atoms with Crippen molar-refractivity contribution >= 4 is 0 Å². The highest BCUT2D eigenvalue weighted by Crippen LogP contribution is 2.29. The average Bonchev–Trinajstić information content (AvgIpc) is 2.39. The summed E-state index contributed by atoms with van der Waals surface area (Å²) in [6.45, 7) is 3.25. The Balaban J connectivity index is 2.14. The van der Waals surface area contributed by atoms with Gasteiger partial charge in [-0.2, -0.15) is 0 Å².